The summed E-state index contributed by atoms with van der Waals surface area (Å²) in [5.74, 6) is 0.151. The third-order valence-corrected chi connectivity index (χ3v) is 3.39. The summed E-state index contributed by atoms with van der Waals surface area (Å²) in [7, 11) is 0. The molecule has 110 valence electrons. The van der Waals surface area contributed by atoms with Crippen molar-refractivity contribution in [2.24, 2.45) is 5.92 Å². The molecule has 1 heterocycles. The van der Waals surface area contributed by atoms with E-state index in [1.807, 2.05) is 13.0 Å². The first-order valence-corrected chi connectivity index (χ1v) is 6.82. The molecular weight excluding hydrogens is 270 g/mol. The molecule has 6 nitrogen and oxygen atoms in total. The second-order valence-corrected chi connectivity index (χ2v) is 4.79. The Morgan fingerprint density at radius 2 is 2.19 bits per heavy atom. The first-order chi connectivity index (χ1) is 10.1. The van der Waals surface area contributed by atoms with Crippen LogP contribution in [0.2, 0.25) is 0 Å². The van der Waals surface area contributed by atoms with Gasteiger partial charge in [0, 0.05) is 25.2 Å². The maximum Gasteiger partial charge on any atom is 0.229 e. The molecule has 1 N–H and O–H groups in total. The van der Waals surface area contributed by atoms with Crippen molar-refractivity contribution in [3.05, 3.63) is 24.3 Å². The Kier molecular flexibility index (Phi) is 4.77. The van der Waals surface area contributed by atoms with E-state index < -0.39 is 0 Å². The van der Waals surface area contributed by atoms with Crippen LogP contribution < -0.4 is 10.1 Å². The standard InChI is InChI=1S/C15H17N3O3/c1-2-18-10-11(9-14(18)19)15(20)17-12-3-5-13(6-4-12)21-8-7-16/h3-6,11H,2,8-10H2,1H3,(H,17,20)/t11-/m0/s1. The number of nitriles is 1. The number of carbonyl (C=O) groups is 2. The molecule has 1 aliphatic heterocycles. The molecule has 0 unspecified atom stereocenters. The molecule has 0 saturated carbocycles. The van der Waals surface area contributed by atoms with Gasteiger partial charge in [0.15, 0.2) is 6.61 Å². The molecule has 1 aliphatic rings. The van der Waals surface area contributed by atoms with Gasteiger partial charge in [-0.1, -0.05) is 0 Å². The van der Waals surface area contributed by atoms with Gasteiger partial charge in [0.05, 0.1) is 5.92 Å². The molecule has 2 rings (SSSR count). The van der Waals surface area contributed by atoms with Crippen LogP contribution >= 0.6 is 0 Å². The van der Waals surface area contributed by atoms with Gasteiger partial charge in [-0.2, -0.15) is 5.26 Å². The van der Waals surface area contributed by atoms with Crippen LogP contribution in [0.3, 0.4) is 0 Å². The summed E-state index contributed by atoms with van der Waals surface area (Å²) >= 11 is 0. The molecule has 0 aromatic heterocycles. The molecule has 21 heavy (non-hydrogen) atoms. The minimum Gasteiger partial charge on any atom is -0.479 e. The van der Waals surface area contributed by atoms with Crippen molar-refractivity contribution >= 4 is 17.5 Å². The summed E-state index contributed by atoms with van der Waals surface area (Å²) < 4.78 is 5.13. The van der Waals surface area contributed by atoms with Gasteiger partial charge in [0.1, 0.15) is 11.8 Å². The number of carbonyl (C=O) groups excluding carboxylic acids is 2. The fourth-order valence-electron chi connectivity index (χ4n) is 2.25. The van der Waals surface area contributed by atoms with Crippen LogP contribution in [-0.4, -0.2) is 36.4 Å². The fourth-order valence-corrected chi connectivity index (χ4v) is 2.25. The minimum absolute atomic E-state index is 0.0112. The zero-order valence-corrected chi connectivity index (χ0v) is 11.8. The van der Waals surface area contributed by atoms with Crippen LogP contribution in [-0.2, 0) is 9.59 Å². The van der Waals surface area contributed by atoms with E-state index in [2.05, 4.69) is 5.32 Å². The molecule has 1 fully saturated rings. The van der Waals surface area contributed by atoms with Crippen molar-refractivity contribution in [1.82, 2.24) is 4.90 Å². The van der Waals surface area contributed by atoms with Crippen LogP contribution in [0.25, 0.3) is 0 Å². The van der Waals surface area contributed by atoms with Crippen LogP contribution in [0, 0.1) is 17.2 Å². The number of rotatable bonds is 5. The Hall–Kier alpha value is -2.55. The van der Waals surface area contributed by atoms with Crippen LogP contribution in [0.1, 0.15) is 13.3 Å². The summed E-state index contributed by atoms with van der Waals surface area (Å²) in [6.07, 6.45) is 0.267. The second kappa shape index (κ2) is 6.75. The SMILES string of the molecule is CCN1C[C@@H](C(=O)Nc2ccc(OCC#N)cc2)CC1=O. The van der Waals surface area contributed by atoms with Crippen molar-refractivity contribution in [2.75, 3.05) is 25.0 Å². The molecule has 2 amide bonds. The Balaban J connectivity index is 1.91. The largest absolute Gasteiger partial charge is 0.479 e. The summed E-state index contributed by atoms with van der Waals surface area (Å²) in [4.78, 5) is 25.4. The maximum atomic E-state index is 12.1. The third kappa shape index (κ3) is 3.72. The van der Waals surface area contributed by atoms with E-state index in [1.165, 1.54) is 0 Å². The predicted molar refractivity (Wildman–Crippen MR) is 76.5 cm³/mol. The Bertz CT molecular complexity index is 563. The van der Waals surface area contributed by atoms with Crippen molar-refractivity contribution in [3.8, 4) is 11.8 Å². The molecule has 1 aromatic carbocycles. The van der Waals surface area contributed by atoms with Gasteiger partial charge in [-0.15, -0.1) is 0 Å². The molecule has 1 aromatic rings. The van der Waals surface area contributed by atoms with E-state index in [4.69, 9.17) is 10.00 Å². The maximum absolute atomic E-state index is 12.1. The fraction of sp³-hybridized carbons (Fsp3) is 0.400. The molecule has 0 bridgehead atoms. The van der Waals surface area contributed by atoms with Crippen LogP contribution in [0.4, 0.5) is 5.69 Å². The zero-order valence-electron chi connectivity index (χ0n) is 11.8. The quantitative estimate of drug-likeness (QED) is 0.887. The molecule has 0 aliphatic carbocycles. The van der Waals surface area contributed by atoms with Crippen molar-refractivity contribution in [1.29, 1.82) is 5.26 Å². The number of hydrogen-bond acceptors (Lipinski definition) is 4. The lowest BCUT2D eigenvalue weighted by Gasteiger charge is -2.13. The smallest absolute Gasteiger partial charge is 0.229 e. The highest BCUT2D eigenvalue weighted by atomic mass is 16.5. The Morgan fingerprint density at radius 3 is 2.76 bits per heavy atom. The number of anilines is 1. The zero-order chi connectivity index (χ0) is 15.2. The van der Waals surface area contributed by atoms with Crippen molar-refractivity contribution < 1.29 is 14.3 Å². The minimum atomic E-state index is -0.299. The van der Waals surface area contributed by atoms with Gasteiger partial charge < -0.3 is 15.0 Å². The topological polar surface area (TPSA) is 82.4 Å². The van der Waals surface area contributed by atoms with Crippen molar-refractivity contribution in [2.45, 2.75) is 13.3 Å². The van der Waals surface area contributed by atoms with E-state index in [9.17, 15) is 9.59 Å². The van der Waals surface area contributed by atoms with Gasteiger partial charge in [-0.25, -0.2) is 0 Å². The number of hydrogen-bond donors (Lipinski definition) is 1. The predicted octanol–water partition coefficient (Wildman–Crippen LogP) is 1.40. The van der Waals surface area contributed by atoms with Gasteiger partial charge in [-0.05, 0) is 31.2 Å². The average Bonchev–Trinajstić information content (AvgIpc) is 2.88. The average molecular weight is 287 g/mol. The van der Waals surface area contributed by atoms with Crippen LogP contribution in [0.5, 0.6) is 5.75 Å². The van der Waals surface area contributed by atoms with Gasteiger partial charge in [0.25, 0.3) is 0 Å². The number of ether oxygens (including phenoxy) is 1. The van der Waals surface area contributed by atoms with E-state index in [0.29, 0.717) is 24.5 Å². The molecule has 1 saturated heterocycles. The molecular formula is C15H17N3O3. The summed E-state index contributed by atoms with van der Waals surface area (Å²) in [6.45, 7) is 3.00. The summed E-state index contributed by atoms with van der Waals surface area (Å²) in [5.41, 5.74) is 0.645. The number of benzene rings is 1. The Labute approximate surface area is 123 Å². The van der Waals surface area contributed by atoms with Gasteiger partial charge in [0.2, 0.25) is 11.8 Å². The van der Waals surface area contributed by atoms with E-state index in [1.54, 1.807) is 29.2 Å². The monoisotopic (exact) mass is 287 g/mol. The highest BCUT2D eigenvalue weighted by molar-refractivity contribution is 5.97. The lowest BCUT2D eigenvalue weighted by molar-refractivity contribution is -0.128. The molecule has 6 heteroatoms. The third-order valence-electron chi connectivity index (χ3n) is 3.39. The van der Waals surface area contributed by atoms with Gasteiger partial charge in [-0.3, -0.25) is 9.59 Å². The number of nitrogens with zero attached hydrogens (tertiary/aromatic N) is 2. The van der Waals surface area contributed by atoms with E-state index >= 15 is 0 Å². The number of amides is 2. The lowest BCUT2D eigenvalue weighted by Crippen LogP contribution is -2.28. The van der Waals surface area contributed by atoms with E-state index in [0.717, 1.165) is 0 Å². The molecule has 0 radical (unpaired) electrons. The lowest BCUT2D eigenvalue weighted by atomic mass is 10.1. The van der Waals surface area contributed by atoms with Crippen molar-refractivity contribution in [3.63, 3.8) is 0 Å². The van der Waals surface area contributed by atoms with Crippen LogP contribution in [0.15, 0.2) is 24.3 Å². The first-order valence-electron chi connectivity index (χ1n) is 6.82. The Morgan fingerprint density at radius 1 is 1.48 bits per heavy atom. The highest BCUT2D eigenvalue weighted by Crippen LogP contribution is 2.21. The molecule has 1 atom stereocenters. The van der Waals surface area contributed by atoms with E-state index in [-0.39, 0.29) is 30.8 Å². The molecule has 0 spiro atoms. The summed E-state index contributed by atoms with van der Waals surface area (Å²) in [6, 6.07) is 8.67. The highest BCUT2D eigenvalue weighted by Gasteiger charge is 2.33. The second-order valence-electron chi connectivity index (χ2n) is 4.79. The number of nitrogens with one attached hydrogen (secondary N) is 1. The normalized spacial score (nSPS) is 17.4. The van der Waals surface area contributed by atoms with Gasteiger partial charge >= 0.3 is 0 Å². The summed E-state index contributed by atoms with van der Waals surface area (Å²) in [5, 5.41) is 11.2. The first kappa shape index (κ1) is 14.9. The number of likely N-dealkylation sites (tertiary alicyclic amines) is 1.